The Morgan fingerprint density at radius 3 is 3.10 bits per heavy atom. The number of carbonyl (C=O) groups excluding carboxylic acids is 1. The highest BCUT2D eigenvalue weighted by Crippen LogP contribution is 2.45. The van der Waals surface area contributed by atoms with E-state index in [9.17, 15) is 4.79 Å². The number of H-pyrrole nitrogens is 1. The normalized spacial score (nSPS) is 11.8. The standard InChI is InChI=1S/C14H10N4O2/c19-14(10-4-9-7-17-18-13(9)15-6-10)16-5-8-1-2-11-12(3-8)20-11/h1-4,6-7H,5H2,(H,16,19)(H,15,17,18). The van der Waals surface area contributed by atoms with Crippen molar-refractivity contribution < 1.29 is 9.53 Å². The number of amides is 1. The average molecular weight is 266 g/mol. The lowest BCUT2D eigenvalue weighted by molar-refractivity contribution is 0.0950. The van der Waals surface area contributed by atoms with Gasteiger partial charge in [0.05, 0.1) is 11.8 Å². The molecule has 6 heteroatoms. The molecule has 2 aromatic heterocycles. The number of carbonyl (C=O) groups is 1. The minimum Gasteiger partial charge on any atom is -0.450 e. The van der Waals surface area contributed by atoms with Crippen LogP contribution in [0.2, 0.25) is 0 Å². The van der Waals surface area contributed by atoms with Gasteiger partial charge in [-0.05, 0) is 23.8 Å². The molecule has 0 bridgehead atoms. The predicted octanol–water partition coefficient (Wildman–Crippen LogP) is 1.99. The first-order valence-corrected chi connectivity index (χ1v) is 6.18. The van der Waals surface area contributed by atoms with Crippen molar-refractivity contribution >= 4 is 16.9 Å². The molecule has 0 saturated heterocycles. The summed E-state index contributed by atoms with van der Waals surface area (Å²) in [6, 6.07) is 7.52. The third-order valence-corrected chi connectivity index (χ3v) is 3.19. The summed E-state index contributed by atoms with van der Waals surface area (Å²) in [4.78, 5) is 16.2. The molecule has 20 heavy (non-hydrogen) atoms. The molecule has 0 aliphatic carbocycles. The van der Waals surface area contributed by atoms with Crippen molar-refractivity contribution in [3.8, 4) is 11.5 Å². The first-order valence-electron chi connectivity index (χ1n) is 6.18. The van der Waals surface area contributed by atoms with Gasteiger partial charge >= 0.3 is 0 Å². The number of hydrogen-bond acceptors (Lipinski definition) is 4. The molecule has 0 atom stereocenters. The molecule has 0 fully saturated rings. The average Bonchev–Trinajstić information content (AvgIpc) is 3.10. The fraction of sp³-hybridized carbons (Fsp3) is 0.0714. The highest BCUT2D eigenvalue weighted by molar-refractivity contribution is 5.96. The second-order valence-corrected chi connectivity index (χ2v) is 4.60. The summed E-state index contributed by atoms with van der Waals surface area (Å²) >= 11 is 0. The van der Waals surface area contributed by atoms with Gasteiger partial charge in [0, 0.05) is 18.1 Å². The first kappa shape index (κ1) is 11.0. The summed E-state index contributed by atoms with van der Waals surface area (Å²) < 4.78 is 5.18. The van der Waals surface area contributed by atoms with Crippen molar-refractivity contribution in [3.63, 3.8) is 0 Å². The van der Waals surface area contributed by atoms with Crippen LogP contribution in [0.5, 0.6) is 11.5 Å². The van der Waals surface area contributed by atoms with Crippen LogP contribution >= 0.6 is 0 Å². The van der Waals surface area contributed by atoms with E-state index in [1.54, 1.807) is 12.3 Å². The number of aromatic amines is 1. The Morgan fingerprint density at radius 1 is 1.25 bits per heavy atom. The van der Waals surface area contributed by atoms with Crippen LogP contribution in [-0.4, -0.2) is 21.1 Å². The van der Waals surface area contributed by atoms with E-state index in [0.717, 1.165) is 22.4 Å². The highest BCUT2D eigenvalue weighted by atomic mass is 16.6. The molecule has 1 aliphatic rings. The molecule has 98 valence electrons. The molecule has 2 N–H and O–H groups in total. The van der Waals surface area contributed by atoms with Crippen LogP contribution in [-0.2, 0) is 6.54 Å². The molecule has 1 aromatic carbocycles. The van der Waals surface area contributed by atoms with Crippen LogP contribution < -0.4 is 10.1 Å². The van der Waals surface area contributed by atoms with Gasteiger partial charge in [0.15, 0.2) is 17.1 Å². The van der Waals surface area contributed by atoms with Crippen molar-refractivity contribution in [2.24, 2.45) is 0 Å². The van der Waals surface area contributed by atoms with Crippen LogP contribution in [0.3, 0.4) is 0 Å². The number of aromatic nitrogens is 3. The van der Waals surface area contributed by atoms with Crippen LogP contribution in [0.4, 0.5) is 0 Å². The zero-order valence-corrected chi connectivity index (χ0v) is 10.4. The van der Waals surface area contributed by atoms with E-state index in [1.165, 1.54) is 6.20 Å². The lowest BCUT2D eigenvalue weighted by Gasteiger charge is -2.04. The second-order valence-electron chi connectivity index (χ2n) is 4.60. The van der Waals surface area contributed by atoms with Gasteiger partial charge in [-0.25, -0.2) is 4.98 Å². The molecule has 4 rings (SSSR count). The van der Waals surface area contributed by atoms with Crippen LogP contribution in [0.1, 0.15) is 15.9 Å². The molecule has 1 aliphatic heterocycles. The van der Waals surface area contributed by atoms with E-state index in [-0.39, 0.29) is 5.91 Å². The molecule has 0 radical (unpaired) electrons. The van der Waals surface area contributed by atoms with Crippen LogP contribution in [0.25, 0.3) is 11.0 Å². The third-order valence-electron chi connectivity index (χ3n) is 3.19. The van der Waals surface area contributed by atoms with E-state index in [2.05, 4.69) is 20.5 Å². The number of fused-ring (bicyclic) bond motifs is 2. The predicted molar refractivity (Wildman–Crippen MR) is 71.6 cm³/mol. The minimum absolute atomic E-state index is 0.161. The molecule has 6 nitrogen and oxygen atoms in total. The SMILES string of the molecule is O=C(NCc1ccc2c(c1)O2)c1cnc2[nH]ncc2c1. The molecule has 1 amide bonds. The summed E-state index contributed by atoms with van der Waals surface area (Å²) in [7, 11) is 0. The Balaban J connectivity index is 1.49. The lowest BCUT2D eigenvalue weighted by Crippen LogP contribution is -2.22. The van der Waals surface area contributed by atoms with Crippen molar-refractivity contribution in [2.45, 2.75) is 6.54 Å². The third kappa shape index (κ3) is 1.87. The van der Waals surface area contributed by atoms with Crippen molar-refractivity contribution in [1.82, 2.24) is 20.5 Å². The fourth-order valence-corrected chi connectivity index (χ4v) is 2.06. The minimum atomic E-state index is -0.161. The number of rotatable bonds is 3. The number of ether oxygens (including phenoxy) is 1. The summed E-state index contributed by atoms with van der Waals surface area (Å²) in [5.74, 6) is 1.64. The van der Waals surface area contributed by atoms with E-state index in [0.29, 0.717) is 17.8 Å². The Labute approximate surface area is 113 Å². The molecule has 3 aromatic rings. The quantitative estimate of drug-likeness (QED) is 0.555. The zero-order valence-electron chi connectivity index (χ0n) is 10.4. The van der Waals surface area contributed by atoms with Gasteiger partial charge in [-0.2, -0.15) is 5.10 Å². The molecular weight excluding hydrogens is 256 g/mol. The van der Waals surface area contributed by atoms with Crippen molar-refractivity contribution in [3.05, 3.63) is 47.8 Å². The van der Waals surface area contributed by atoms with Gasteiger partial charge in [0.1, 0.15) is 0 Å². The largest absolute Gasteiger partial charge is 0.450 e. The Hall–Kier alpha value is -2.89. The smallest absolute Gasteiger partial charge is 0.253 e. The first-order chi connectivity index (χ1) is 9.79. The van der Waals surface area contributed by atoms with E-state index < -0.39 is 0 Å². The number of pyridine rings is 1. The van der Waals surface area contributed by atoms with Gasteiger partial charge in [0.25, 0.3) is 5.91 Å². The number of nitrogens with one attached hydrogen (secondary N) is 2. The van der Waals surface area contributed by atoms with E-state index in [1.807, 2.05) is 18.2 Å². The molecule has 0 saturated carbocycles. The van der Waals surface area contributed by atoms with Gasteiger partial charge < -0.3 is 10.1 Å². The van der Waals surface area contributed by atoms with Crippen molar-refractivity contribution in [2.75, 3.05) is 0 Å². The Bertz CT molecular complexity index is 825. The highest BCUT2D eigenvalue weighted by Gasteiger charge is 2.19. The molecular formula is C14H10N4O2. The van der Waals surface area contributed by atoms with Gasteiger partial charge in [0.2, 0.25) is 0 Å². The maximum absolute atomic E-state index is 12.1. The summed E-state index contributed by atoms with van der Waals surface area (Å²) in [5, 5.41) is 10.3. The van der Waals surface area contributed by atoms with Gasteiger partial charge in [-0.1, -0.05) is 6.07 Å². The Morgan fingerprint density at radius 2 is 2.20 bits per heavy atom. The fourth-order valence-electron chi connectivity index (χ4n) is 2.06. The maximum atomic E-state index is 12.1. The van der Waals surface area contributed by atoms with Crippen LogP contribution in [0.15, 0.2) is 36.7 Å². The Kier molecular flexibility index (Phi) is 2.23. The van der Waals surface area contributed by atoms with Crippen LogP contribution in [0, 0.1) is 0 Å². The summed E-state index contributed by atoms with van der Waals surface area (Å²) in [6.07, 6.45) is 3.18. The number of hydrogen-bond donors (Lipinski definition) is 2. The number of benzene rings is 1. The topological polar surface area (TPSA) is 83.2 Å². The molecule has 0 unspecified atom stereocenters. The molecule has 0 spiro atoms. The number of nitrogens with zero attached hydrogens (tertiary/aromatic N) is 2. The lowest BCUT2D eigenvalue weighted by atomic mass is 10.2. The monoisotopic (exact) mass is 266 g/mol. The molecule has 3 heterocycles. The van der Waals surface area contributed by atoms with Crippen molar-refractivity contribution in [1.29, 1.82) is 0 Å². The summed E-state index contributed by atoms with van der Waals surface area (Å²) in [5.41, 5.74) is 2.19. The maximum Gasteiger partial charge on any atom is 0.253 e. The summed E-state index contributed by atoms with van der Waals surface area (Å²) in [6.45, 7) is 0.457. The van der Waals surface area contributed by atoms with E-state index in [4.69, 9.17) is 4.74 Å². The van der Waals surface area contributed by atoms with Gasteiger partial charge in [-0.3, -0.25) is 9.89 Å². The second kappa shape index (κ2) is 4.06. The van der Waals surface area contributed by atoms with Gasteiger partial charge in [-0.15, -0.1) is 0 Å². The zero-order chi connectivity index (χ0) is 13.5. The van der Waals surface area contributed by atoms with E-state index >= 15 is 0 Å².